The number of likely N-dealkylation sites (N-methyl/N-ethyl adjacent to an activating group) is 1. The van der Waals surface area contributed by atoms with Crippen LogP contribution in [0.2, 0.25) is 0 Å². The average Bonchev–Trinajstić information content (AvgIpc) is 3.22. The highest BCUT2D eigenvalue weighted by atomic mass is 15.2. The van der Waals surface area contributed by atoms with E-state index in [9.17, 15) is 0 Å². The number of piperazine rings is 1. The molecule has 0 aliphatic carbocycles. The molecule has 1 saturated heterocycles. The number of anilines is 2. The van der Waals surface area contributed by atoms with Crippen molar-refractivity contribution in [1.29, 1.82) is 0 Å². The number of nitrogens with one attached hydrogen (secondary N) is 1. The number of aromatic nitrogens is 2. The molecule has 3 heterocycles. The number of nitrogen functional groups attached to an aromatic ring is 1. The van der Waals surface area contributed by atoms with Crippen LogP contribution in [0.15, 0.2) is 67.2 Å². The minimum Gasteiger partial charge on any atom is -0.399 e. The molecule has 6 heteroatoms. The number of pyridine rings is 1. The number of benzene rings is 1. The lowest BCUT2D eigenvalue weighted by Crippen LogP contribution is -2.44. The Morgan fingerprint density at radius 1 is 1.19 bits per heavy atom. The van der Waals surface area contributed by atoms with Crippen LogP contribution in [0.5, 0.6) is 0 Å². The molecule has 0 spiro atoms. The van der Waals surface area contributed by atoms with E-state index >= 15 is 0 Å². The number of hydrogen-bond acceptors (Lipinski definition) is 5. The molecule has 4 rings (SSSR count). The summed E-state index contributed by atoms with van der Waals surface area (Å²) >= 11 is 0. The van der Waals surface area contributed by atoms with E-state index in [0.29, 0.717) is 12.1 Å². The summed E-state index contributed by atoms with van der Waals surface area (Å²) in [6.45, 7) is 9.90. The van der Waals surface area contributed by atoms with E-state index in [1.807, 2.05) is 43.6 Å². The number of hydrogen-bond donors (Lipinski definition) is 3. The first-order valence-corrected chi connectivity index (χ1v) is 11.0. The van der Waals surface area contributed by atoms with Gasteiger partial charge in [-0.05, 0) is 61.0 Å². The Morgan fingerprint density at radius 2 is 1.97 bits per heavy atom. The van der Waals surface area contributed by atoms with Gasteiger partial charge in [-0.15, -0.1) is 0 Å². The van der Waals surface area contributed by atoms with E-state index in [1.54, 1.807) is 6.08 Å². The van der Waals surface area contributed by atoms with Crippen LogP contribution in [0, 0.1) is 0 Å². The zero-order chi connectivity index (χ0) is 22.7. The number of nitrogens with zero attached hydrogens (tertiary/aromatic N) is 3. The minimum atomic E-state index is 0.635. The molecule has 1 aromatic carbocycles. The molecule has 0 radical (unpaired) electrons. The molecule has 1 aliphatic heterocycles. The highest BCUT2D eigenvalue weighted by molar-refractivity contribution is 5.92. The molecule has 6 nitrogen and oxygen atoms in total. The van der Waals surface area contributed by atoms with Gasteiger partial charge in [0.05, 0.1) is 23.6 Å². The van der Waals surface area contributed by atoms with Gasteiger partial charge in [0.15, 0.2) is 0 Å². The fourth-order valence-electron chi connectivity index (χ4n) is 4.20. The summed E-state index contributed by atoms with van der Waals surface area (Å²) in [6.07, 6.45) is 10.2. The third kappa shape index (κ3) is 4.55. The first-order chi connectivity index (χ1) is 15.5. The van der Waals surface area contributed by atoms with Crippen molar-refractivity contribution in [2.75, 3.05) is 43.9 Å². The second-order valence-electron chi connectivity index (χ2n) is 8.39. The van der Waals surface area contributed by atoms with Crippen molar-refractivity contribution in [2.24, 2.45) is 5.73 Å². The van der Waals surface area contributed by atoms with Crippen molar-refractivity contribution < 1.29 is 0 Å². The zero-order valence-corrected chi connectivity index (χ0v) is 18.9. The molecule has 5 N–H and O–H groups in total. The van der Waals surface area contributed by atoms with Gasteiger partial charge in [0, 0.05) is 55.1 Å². The number of rotatable bonds is 6. The average molecular weight is 429 g/mol. The molecule has 1 aliphatic rings. The van der Waals surface area contributed by atoms with E-state index in [-0.39, 0.29) is 0 Å². The maximum absolute atomic E-state index is 6.35. The van der Waals surface area contributed by atoms with Gasteiger partial charge in [0.2, 0.25) is 0 Å². The van der Waals surface area contributed by atoms with Gasteiger partial charge in [0.1, 0.15) is 0 Å². The van der Waals surface area contributed by atoms with Crippen LogP contribution in [0.3, 0.4) is 0 Å². The lowest BCUT2D eigenvalue weighted by atomic mass is 9.98. The van der Waals surface area contributed by atoms with Crippen LogP contribution in [-0.4, -0.2) is 48.1 Å². The number of fused-ring (bicyclic) bond motifs is 1. The van der Waals surface area contributed by atoms with Gasteiger partial charge in [-0.25, -0.2) is 0 Å². The van der Waals surface area contributed by atoms with E-state index < -0.39 is 0 Å². The predicted octanol–water partition coefficient (Wildman–Crippen LogP) is 3.92. The highest BCUT2D eigenvalue weighted by Crippen LogP contribution is 2.30. The van der Waals surface area contributed by atoms with Gasteiger partial charge >= 0.3 is 0 Å². The third-order valence-corrected chi connectivity index (χ3v) is 6.15. The molecule has 166 valence electrons. The molecule has 0 amide bonds. The Morgan fingerprint density at radius 3 is 2.69 bits per heavy atom. The molecule has 32 heavy (non-hydrogen) atoms. The maximum Gasteiger partial charge on any atom is 0.0663 e. The summed E-state index contributed by atoms with van der Waals surface area (Å²) in [6, 6.07) is 8.37. The van der Waals surface area contributed by atoms with Crippen molar-refractivity contribution in [3.63, 3.8) is 0 Å². The lowest BCUT2D eigenvalue weighted by Gasteiger charge is -2.34. The summed E-state index contributed by atoms with van der Waals surface area (Å²) in [5.74, 6) is 0. The van der Waals surface area contributed by atoms with E-state index in [0.717, 1.165) is 59.8 Å². The van der Waals surface area contributed by atoms with Crippen LogP contribution >= 0.6 is 0 Å². The number of nitrogens with two attached hydrogens (primary N) is 2. The Hall–Kier alpha value is -3.51. The molecule has 0 bridgehead atoms. The number of allylic oxidation sites excluding steroid dienone is 4. The van der Waals surface area contributed by atoms with Gasteiger partial charge in [-0.2, -0.15) is 0 Å². The first kappa shape index (κ1) is 21.7. The monoisotopic (exact) mass is 428 g/mol. The van der Waals surface area contributed by atoms with Gasteiger partial charge < -0.3 is 26.3 Å². The molecule has 1 fully saturated rings. The summed E-state index contributed by atoms with van der Waals surface area (Å²) in [5, 5.41) is 1.21. The van der Waals surface area contributed by atoms with Gasteiger partial charge in [0.25, 0.3) is 0 Å². The normalized spacial score (nSPS) is 16.0. The SMILES string of the molecule is C=C/C(N)=C\C(=C/C)c1ccc(N)c(Cc2cc3c(N4CCN(C)CC4)cncc3[nH]2)c1. The summed E-state index contributed by atoms with van der Waals surface area (Å²) in [7, 11) is 2.17. The Balaban J connectivity index is 1.64. The maximum atomic E-state index is 6.35. The van der Waals surface area contributed by atoms with Crippen LogP contribution < -0.4 is 16.4 Å². The van der Waals surface area contributed by atoms with E-state index in [4.69, 9.17) is 11.5 Å². The number of H-pyrrole nitrogens is 1. The Bertz CT molecular complexity index is 1180. The molecule has 3 aromatic rings. The number of aromatic amines is 1. The fourth-order valence-corrected chi connectivity index (χ4v) is 4.20. The second-order valence-corrected chi connectivity index (χ2v) is 8.39. The van der Waals surface area contributed by atoms with E-state index in [2.05, 4.69) is 45.5 Å². The molecule has 2 aromatic heterocycles. The van der Waals surface area contributed by atoms with Crippen LogP contribution in [0.25, 0.3) is 16.5 Å². The van der Waals surface area contributed by atoms with Crippen LogP contribution in [0.4, 0.5) is 11.4 Å². The summed E-state index contributed by atoms with van der Waals surface area (Å²) in [5.41, 5.74) is 20.3. The van der Waals surface area contributed by atoms with Crippen LogP contribution in [-0.2, 0) is 6.42 Å². The second kappa shape index (κ2) is 9.32. The van der Waals surface area contributed by atoms with Gasteiger partial charge in [-0.3, -0.25) is 4.98 Å². The smallest absolute Gasteiger partial charge is 0.0663 e. The molecule has 0 unspecified atom stereocenters. The van der Waals surface area contributed by atoms with Gasteiger partial charge in [-0.1, -0.05) is 18.7 Å². The molecular formula is C26H32N6. The largest absolute Gasteiger partial charge is 0.399 e. The summed E-state index contributed by atoms with van der Waals surface area (Å²) < 4.78 is 0. The highest BCUT2D eigenvalue weighted by Gasteiger charge is 2.18. The minimum absolute atomic E-state index is 0.635. The van der Waals surface area contributed by atoms with Crippen molar-refractivity contribution in [2.45, 2.75) is 13.3 Å². The third-order valence-electron chi connectivity index (χ3n) is 6.15. The molecule has 0 atom stereocenters. The topological polar surface area (TPSA) is 87.2 Å². The standard InChI is InChI=1S/C26H32N6/c1-4-18(13-21(27)5-2)19-6-7-24(28)20(12-19)14-22-15-23-25(30-22)16-29-17-26(23)32-10-8-31(3)9-11-32/h4-7,12-13,15-17,30H,2,8-11,14,27-28H2,1,3H3/b18-4+,21-13+. The summed E-state index contributed by atoms with van der Waals surface area (Å²) in [4.78, 5) is 12.8. The Labute approximate surface area is 189 Å². The van der Waals surface area contributed by atoms with Crippen molar-refractivity contribution in [1.82, 2.24) is 14.9 Å². The molecule has 0 saturated carbocycles. The Kier molecular flexibility index (Phi) is 6.32. The lowest BCUT2D eigenvalue weighted by molar-refractivity contribution is 0.313. The molecular weight excluding hydrogens is 396 g/mol. The fraction of sp³-hybridized carbons (Fsp3) is 0.269. The first-order valence-electron chi connectivity index (χ1n) is 11.0. The quantitative estimate of drug-likeness (QED) is 0.409. The van der Waals surface area contributed by atoms with Crippen molar-refractivity contribution in [3.8, 4) is 0 Å². The van der Waals surface area contributed by atoms with Crippen LogP contribution in [0.1, 0.15) is 23.7 Å². The predicted molar refractivity (Wildman–Crippen MR) is 136 cm³/mol. The van der Waals surface area contributed by atoms with Crippen molar-refractivity contribution in [3.05, 3.63) is 84.0 Å². The van der Waals surface area contributed by atoms with E-state index in [1.165, 1.54) is 11.1 Å². The zero-order valence-electron chi connectivity index (χ0n) is 18.9. The van der Waals surface area contributed by atoms with Crippen molar-refractivity contribution >= 4 is 27.9 Å².